The molecule has 0 saturated heterocycles. The first-order valence-corrected chi connectivity index (χ1v) is 11.5. The van der Waals surface area contributed by atoms with Crippen LogP contribution in [0.15, 0.2) is 89.8 Å². The molecule has 3 aromatic rings. The molecule has 0 aliphatic carbocycles. The van der Waals surface area contributed by atoms with Crippen molar-refractivity contribution in [2.45, 2.75) is 17.4 Å². The van der Waals surface area contributed by atoms with Crippen LogP contribution in [0.2, 0.25) is 0 Å². The van der Waals surface area contributed by atoms with Crippen LogP contribution in [0, 0.1) is 5.82 Å². The van der Waals surface area contributed by atoms with Crippen molar-refractivity contribution in [2.24, 2.45) is 0 Å². The van der Waals surface area contributed by atoms with E-state index in [1.165, 1.54) is 36.4 Å². The van der Waals surface area contributed by atoms with Crippen molar-refractivity contribution < 1.29 is 17.6 Å². The summed E-state index contributed by atoms with van der Waals surface area (Å²) in [5.74, 6) is -1.02. The molecular weight excluding hydrogens is 451 g/mol. The van der Waals surface area contributed by atoms with E-state index in [0.29, 0.717) is 5.69 Å². The number of sulfonamides is 1. The lowest BCUT2D eigenvalue weighted by Crippen LogP contribution is -2.53. The largest absolute Gasteiger partial charge is 0.331 e. The number of hydrazine groups is 1. The minimum absolute atomic E-state index is 0.0484. The number of halogens is 1. The van der Waals surface area contributed by atoms with Crippen molar-refractivity contribution in [3.8, 4) is 0 Å². The summed E-state index contributed by atoms with van der Waals surface area (Å²) in [6, 6.07) is 21.2. The van der Waals surface area contributed by atoms with Gasteiger partial charge >= 0.3 is 0 Å². The first kappa shape index (κ1) is 23.3. The number of rotatable bonds is 7. The molecular formula is C22H21FN4O3S2. The van der Waals surface area contributed by atoms with Gasteiger partial charge < -0.3 is 5.32 Å². The van der Waals surface area contributed by atoms with Crippen LogP contribution >= 0.6 is 12.2 Å². The smallest absolute Gasteiger partial charge is 0.256 e. The Labute approximate surface area is 191 Å². The molecule has 4 N–H and O–H groups in total. The van der Waals surface area contributed by atoms with Crippen LogP contribution < -0.4 is 20.9 Å². The number of amides is 1. The third kappa shape index (κ3) is 6.84. The molecule has 166 valence electrons. The van der Waals surface area contributed by atoms with Gasteiger partial charge in [-0.15, -0.1) is 0 Å². The highest BCUT2D eigenvalue weighted by Crippen LogP contribution is 2.11. The average Bonchev–Trinajstić information content (AvgIpc) is 2.80. The van der Waals surface area contributed by atoms with Crippen LogP contribution in [0.25, 0.3) is 0 Å². The molecule has 3 rings (SSSR count). The number of nitrogens with one attached hydrogen (secondary N) is 4. The quantitative estimate of drug-likeness (QED) is 0.312. The number of anilines is 1. The Morgan fingerprint density at radius 3 is 2.09 bits per heavy atom. The molecule has 0 aliphatic rings. The van der Waals surface area contributed by atoms with Crippen LogP contribution in [0.3, 0.4) is 0 Å². The first-order valence-electron chi connectivity index (χ1n) is 9.57. The van der Waals surface area contributed by atoms with E-state index in [4.69, 9.17) is 12.2 Å². The summed E-state index contributed by atoms with van der Waals surface area (Å²) in [5.41, 5.74) is 6.24. The zero-order valence-corrected chi connectivity index (χ0v) is 18.4. The third-order valence-corrected chi connectivity index (χ3v) is 6.04. The molecule has 7 nitrogen and oxygen atoms in total. The number of carbonyl (C=O) groups is 1. The van der Waals surface area contributed by atoms with Crippen molar-refractivity contribution in [3.63, 3.8) is 0 Å². The Bertz CT molecular complexity index is 1160. The van der Waals surface area contributed by atoms with Gasteiger partial charge in [0.1, 0.15) is 11.9 Å². The summed E-state index contributed by atoms with van der Waals surface area (Å²) in [6.45, 7) is 0. The molecule has 0 aliphatic heterocycles. The number of thiocarbonyl (C=S) groups is 1. The Morgan fingerprint density at radius 1 is 0.875 bits per heavy atom. The number of hydrogen-bond donors (Lipinski definition) is 4. The second-order valence-corrected chi connectivity index (χ2v) is 8.87. The van der Waals surface area contributed by atoms with Crippen molar-refractivity contribution >= 4 is 38.9 Å². The van der Waals surface area contributed by atoms with E-state index in [2.05, 4.69) is 20.9 Å². The predicted molar refractivity (Wildman–Crippen MR) is 125 cm³/mol. The molecule has 0 fully saturated rings. The summed E-state index contributed by atoms with van der Waals surface area (Å²) < 4.78 is 41.0. The van der Waals surface area contributed by atoms with E-state index in [9.17, 15) is 17.6 Å². The fraction of sp³-hybridized carbons (Fsp3) is 0.0909. The van der Waals surface area contributed by atoms with Crippen LogP contribution in [-0.2, 0) is 21.2 Å². The van der Waals surface area contributed by atoms with Crippen LogP contribution in [0.4, 0.5) is 10.1 Å². The van der Waals surface area contributed by atoms with Gasteiger partial charge in [0.25, 0.3) is 5.91 Å². The van der Waals surface area contributed by atoms with Gasteiger partial charge in [0, 0.05) is 5.69 Å². The first-order chi connectivity index (χ1) is 15.3. The molecule has 0 heterocycles. The van der Waals surface area contributed by atoms with Gasteiger partial charge in [0.2, 0.25) is 10.0 Å². The predicted octanol–water partition coefficient (Wildman–Crippen LogP) is 2.73. The maximum Gasteiger partial charge on any atom is 0.256 e. The van der Waals surface area contributed by atoms with E-state index in [1.54, 1.807) is 42.5 Å². The SMILES string of the molecule is O=C(NNC(=S)Nc1ccc(F)cc1)[C@H](Cc1ccccc1)NS(=O)(=O)c1ccccc1. The lowest BCUT2D eigenvalue weighted by Gasteiger charge is -2.20. The maximum atomic E-state index is 13.0. The van der Waals surface area contributed by atoms with Gasteiger partial charge in [-0.25, -0.2) is 12.8 Å². The number of carbonyl (C=O) groups excluding carboxylic acids is 1. The molecule has 0 unspecified atom stereocenters. The topological polar surface area (TPSA) is 99.3 Å². The van der Waals surface area contributed by atoms with E-state index >= 15 is 0 Å². The lowest BCUT2D eigenvalue weighted by atomic mass is 10.1. The van der Waals surface area contributed by atoms with Crippen molar-refractivity contribution in [1.29, 1.82) is 0 Å². The third-order valence-electron chi connectivity index (χ3n) is 4.35. The molecule has 32 heavy (non-hydrogen) atoms. The number of hydrogen-bond acceptors (Lipinski definition) is 4. The standard InChI is InChI=1S/C22H21FN4O3S2/c23-17-11-13-18(14-12-17)24-22(31)26-25-21(28)20(15-16-7-3-1-4-8-16)27-32(29,30)19-9-5-2-6-10-19/h1-14,20,27H,15H2,(H,25,28)(H2,24,26,31)/t20-/m0/s1. The zero-order valence-electron chi connectivity index (χ0n) is 16.8. The minimum Gasteiger partial charge on any atom is -0.331 e. The molecule has 10 heteroatoms. The van der Waals surface area contributed by atoms with Crippen LogP contribution in [0.1, 0.15) is 5.56 Å². The molecule has 1 atom stereocenters. The molecule has 0 spiro atoms. The van der Waals surface area contributed by atoms with Crippen LogP contribution in [0.5, 0.6) is 0 Å². The Morgan fingerprint density at radius 2 is 1.47 bits per heavy atom. The van der Waals surface area contributed by atoms with Gasteiger partial charge in [0.05, 0.1) is 4.90 Å². The minimum atomic E-state index is -3.94. The summed E-state index contributed by atoms with van der Waals surface area (Å²) >= 11 is 5.12. The Balaban J connectivity index is 1.68. The summed E-state index contributed by atoms with van der Waals surface area (Å²) in [7, 11) is -3.94. The van der Waals surface area contributed by atoms with Crippen molar-refractivity contribution in [2.75, 3.05) is 5.32 Å². The van der Waals surface area contributed by atoms with Crippen molar-refractivity contribution in [1.82, 2.24) is 15.6 Å². The van der Waals surface area contributed by atoms with E-state index in [0.717, 1.165) is 5.56 Å². The molecule has 0 bridgehead atoms. The summed E-state index contributed by atoms with van der Waals surface area (Å²) in [4.78, 5) is 12.9. The summed E-state index contributed by atoms with van der Waals surface area (Å²) in [5, 5.41) is 2.84. The van der Waals surface area contributed by atoms with Gasteiger partial charge in [0.15, 0.2) is 5.11 Å². The second-order valence-electron chi connectivity index (χ2n) is 6.75. The highest BCUT2D eigenvalue weighted by atomic mass is 32.2. The van der Waals surface area contributed by atoms with Crippen LogP contribution in [-0.4, -0.2) is 25.5 Å². The molecule has 1 amide bonds. The zero-order chi connectivity index (χ0) is 23.0. The monoisotopic (exact) mass is 472 g/mol. The summed E-state index contributed by atoms with van der Waals surface area (Å²) in [6.07, 6.45) is 0.124. The van der Waals surface area contributed by atoms with E-state index in [1.807, 2.05) is 6.07 Å². The Kier molecular flexibility index (Phi) is 7.87. The van der Waals surface area contributed by atoms with Gasteiger partial charge in [-0.2, -0.15) is 4.72 Å². The molecule has 0 radical (unpaired) electrons. The van der Waals surface area contributed by atoms with Gasteiger partial charge in [-0.3, -0.25) is 15.6 Å². The normalized spacial score (nSPS) is 11.9. The maximum absolute atomic E-state index is 13.0. The van der Waals surface area contributed by atoms with Gasteiger partial charge in [-0.1, -0.05) is 48.5 Å². The number of benzene rings is 3. The molecule has 0 saturated carbocycles. The lowest BCUT2D eigenvalue weighted by molar-refractivity contribution is -0.123. The Hall–Kier alpha value is -3.34. The molecule has 3 aromatic carbocycles. The fourth-order valence-electron chi connectivity index (χ4n) is 2.79. The highest BCUT2D eigenvalue weighted by molar-refractivity contribution is 7.89. The van der Waals surface area contributed by atoms with Gasteiger partial charge in [-0.05, 0) is 60.6 Å². The van der Waals surface area contributed by atoms with E-state index < -0.39 is 27.8 Å². The van der Waals surface area contributed by atoms with E-state index in [-0.39, 0.29) is 16.4 Å². The van der Waals surface area contributed by atoms with Crippen molar-refractivity contribution in [3.05, 3.63) is 96.3 Å². The second kappa shape index (κ2) is 10.8. The molecule has 0 aromatic heterocycles. The fourth-order valence-corrected chi connectivity index (χ4v) is 4.18. The average molecular weight is 473 g/mol. The highest BCUT2D eigenvalue weighted by Gasteiger charge is 2.26.